The quantitative estimate of drug-likeness (QED) is 0.0995. The number of esters is 3. The predicted octanol–water partition coefficient (Wildman–Crippen LogP) is -3.29. The molecule has 7 N–H and O–H groups in total. The Morgan fingerprint density at radius 2 is 1.39 bits per heavy atom. The third-order valence-electron chi connectivity index (χ3n) is 5.94. The van der Waals surface area contributed by atoms with Crippen LogP contribution in [0.4, 0.5) is 5.95 Å². The van der Waals surface area contributed by atoms with Gasteiger partial charge in [-0.25, -0.2) is 9.20 Å². The smallest absolute Gasteiger partial charge is 0.357 e. The summed E-state index contributed by atoms with van der Waals surface area (Å²) in [5.41, 5.74) is 4.85. The van der Waals surface area contributed by atoms with Gasteiger partial charge in [0.15, 0.2) is 18.6 Å². The van der Waals surface area contributed by atoms with E-state index >= 15 is 0 Å². The first-order valence-electron chi connectivity index (χ1n) is 13.1. The monoisotopic (exact) mass is 1380 g/mol. The van der Waals surface area contributed by atoms with Crippen LogP contribution in [0.25, 0.3) is 5.78 Å². The van der Waals surface area contributed by atoms with Gasteiger partial charge >= 0.3 is 74.1 Å². The molecule has 9 atom stereocenters. The first-order valence-corrected chi connectivity index (χ1v) is 32.0. The molecule has 3 aliphatic heterocycles. The van der Waals surface area contributed by atoms with Gasteiger partial charge in [0.2, 0.25) is 24.1 Å². The zero-order valence-corrected chi connectivity index (χ0v) is 38.6. The Bertz CT molecular complexity index is 1340. The number of aliphatic hydroxyl groups is 5. The first-order chi connectivity index (χ1) is 22.6. The summed E-state index contributed by atoms with van der Waals surface area (Å²) in [5.74, 6) is -1.64. The van der Waals surface area contributed by atoms with Gasteiger partial charge in [0.1, 0.15) is 24.4 Å². The number of hydrogen-bond donors (Lipinski definition) is 6. The molecule has 0 spiro atoms. The third kappa shape index (κ3) is 16.3. The number of aliphatic hydroxyl groups excluding tert-OH is 5. The third-order valence-corrected chi connectivity index (χ3v) is 5.94. The molecule has 3 fully saturated rings. The molecular weight excluding hydrogens is 1350 g/mol. The molecule has 3 aliphatic rings. The van der Waals surface area contributed by atoms with Crippen LogP contribution < -0.4 is 24.7 Å². The van der Waals surface area contributed by atoms with Crippen LogP contribution in [-0.4, -0.2) is 131 Å². The number of anilines is 1. The van der Waals surface area contributed by atoms with Crippen LogP contribution in [0.15, 0.2) is 17.2 Å². The number of nitrogens with two attached hydrogens (primary N) is 1. The number of imidazole rings is 1. The van der Waals surface area contributed by atoms with Gasteiger partial charge in [-0.3, -0.25) is 19.0 Å². The predicted molar refractivity (Wildman–Crippen MR) is 207 cm³/mol. The molecule has 0 aliphatic carbocycles. The molecule has 3 saturated heterocycles. The zero-order valence-electron chi connectivity index (χ0n) is 25.5. The first kappa shape index (κ1) is 49.6. The van der Waals surface area contributed by atoms with E-state index in [0.29, 0.717) is 13.3 Å². The molecule has 26 heteroatoms. The van der Waals surface area contributed by atoms with Crippen LogP contribution >= 0.6 is 98.4 Å². The van der Waals surface area contributed by atoms with Crippen LogP contribution in [0.3, 0.4) is 0 Å². The fraction of sp³-hybridized carbons (Fsp3) is 0.652. The average molecular weight is 1380 g/mol. The summed E-state index contributed by atoms with van der Waals surface area (Å²) in [5, 5.41) is 45.0. The standard InChI is InChI=1S/C10H14O7.C9H11N5O4.C4H8O4.I3.I2.HI/c1-5(11)15-8-4-14-10(17-7(3)13)9(8)16-6(2)12;10-7-11-8-13(1-2-14(8)9(17)12-7)6-5(16)4(15)3-18-6;5-2-1-8-4(7)3(2)6;1-3-2;1-2;/h8-10H,4H2,1-3H3;1-2,4-6,15-16H,3H2,(H2,10,12,17);2-7H,1H2;;;1H/q;;;-1;;. The molecule has 284 valence electrons. The maximum absolute atomic E-state index is 11.5. The molecule has 2 aromatic heterocycles. The van der Waals surface area contributed by atoms with E-state index in [0.717, 1.165) is 0 Å². The topological polar surface area (TPSA) is 286 Å². The van der Waals surface area contributed by atoms with Crippen molar-refractivity contribution in [3.05, 3.63) is 22.9 Å². The van der Waals surface area contributed by atoms with Crippen LogP contribution in [0.5, 0.6) is 0 Å². The van der Waals surface area contributed by atoms with Crippen molar-refractivity contribution in [3.8, 4) is 0 Å². The van der Waals surface area contributed by atoms with Gasteiger partial charge in [0.05, 0.1) is 19.8 Å². The van der Waals surface area contributed by atoms with Gasteiger partial charge in [-0.2, -0.15) is 9.97 Å². The molecule has 9 unspecified atom stereocenters. The van der Waals surface area contributed by atoms with Gasteiger partial charge in [0.25, 0.3) is 0 Å². The van der Waals surface area contributed by atoms with Crippen molar-refractivity contribution in [2.75, 3.05) is 25.6 Å². The van der Waals surface area contributed by atoms with Crippen LogP contribution in [-0.2, 0) is 42.8 Å². The number of fused-ring (bicyclic) bond motifs is 1. The van der Waals surface area contributed by atoms with Crippen molar-refractivity contribution in [2.24, 2.45) is 0 Å². The number of ether oxygens (including phenoxy) is 6. The SMILES string of the molecule is CC(=O)OC1COC(OC(C)=O)C1OC(C)=O.I.II.I[I-]I.Nc1nc(=O)n2ccn(C3OCC(O)C3O)c2n1.OC1COC(O)C1O. The van der Waals surface area contributed by atoms with Crippen molar-refractivity contribution in [1.82, 2.24) is 18.9 Å². The minimum absolute atomic E-state index is 0. The van der Waals surface area contributed by atoms with Gasteiger partial charge in [0, 0.05) is 70.4 Å². The molecule has 49 heavy (non-hydrogen) atoms. The van der Waals surface area contributed by atoms with Crippen LogP contribution in [0.2, 0.25) is 0 Å². The van der Waals surface area contributed by atoms with E-state index in [-0.39, 0.29) is 55.5 Å². The van der Waals surface area contributed by atoms with E-state index in [2.05, 4.69) is 89.2 Å². The fourth-order valence-corrected chi connectivity index (χ4v) is 4.01. The molecule has 2 aromatic rings. The Hall–Kier alpha value is 0.620. The van der Waals surface area contributed by atoms with Crippen molar-refractivity contribution in [2.45, 2.75) is 76.2 Å². The second kappa shape index (κ2) is 25.6. The number of nitrogens with zero attached hydrogens (tertiary/aromatic N) is 4. The summed E-state index contributed by atoms with van der Waals surface area (Å²) in [6.45, 7) is 3.67. The Kier molecular flexibility index (Phi) is 25.9. The van der Waals surface area contributed by atoms with E-state index in [1.54, 1.807) is 0 Å². The summed E-state index contributed by atoms with van der Waals surface area (Å²) < 4.78 is 32.0. The van der Waals surface area contributed by atoms with Gasteiger partial charge in [-0.15, -0.1) is 24.0 Å². The summed E-state index contributed by atoms with van der Waals surface area (Å²) in [7, 11) is 0. The Morgan fingerprint density at radius 3 is 1.82 bits per heavy atom. The number of halogens is 6. The van der Waals surface area contributed by atoms with E-state index in [4.69, 9.17) is 44.7 Å². The fourth-order valence-electron chi connectivity index (χ4n) is 4.01. The van der Waals surface area contributed by atoms with Crippen LogP contribution in [0, 0.1) is 0 Å². The average Bonchev–Trinajstić information content (AvgIpc) is 3.76. The van der Waals surface area contributed by atoms with Crippen LogP contribution in [0.1, 0.15) is 27.0 Å². The van der Waals surface area contributed by atoms with Crippen molar-refractivity contribution in [3.63, 3.8) is 0 Å². The molecule has 20 nitrogen and oxygen atoms in total. The largest absolute Gasteiger partial charge is 0.388 e. The number of rotatable bonds is 4. The molecule has 0 radical (unpaired) electrons. The minimum Gasteiger partial charge on any atom is -0.388 e. The summed E-state index contributed by atoms with van der Waals surface area (Å²) >= 11 is 9.54. The van der Waals surface area contributed by atoms with E-state index in [1.807, 2.05) is 0 Å². The number of carbonyl (C=O) groups is 3. The maximum Gasteiger partial charge on any atom is 0.357 e. The molecule has 5 rings (SSSR count). The normalized spacial score (nSPS) is 28.1. The maximum atomic E-state index is 11.5. The van der Waals surface area contributed by atoms with Gasteiger partial charge < -0.3 is 59.7 Å². The molecule has 5 heterocycles. The Labute approximate surface area is 348 Å². The molecule has 0 amide bonds. The molecule has 0 aromatic carbocycles. The summed E-state index contributed by atoms with van der Waals surface area (Å²) in [6.07, 6.45) is -5.91. The molecular formula is C23H34I6N5O15-. The van der Waals surface area contributed by atoms with Gasteiger partial charge in [-0.05, 0) is 0 Å². The summed E-state index contributed by atoms with van der Waals surface area (Å²) in [4.78, 5) is 51.5. The number of carbonyl (C=O) groups excluding carboxylic acids is 3. The van der Waals surface area contributed by atoms with E-state index < -0.39 is 79.0 Å². The number of nitrogen functional groups attached to an aromatic ring is 1. The summed E-state index contributed by atoms with van der Waals surface area (Å²) in [6, 6.07) is 0. The Morgan fingerprint density at radius 1 is 0.857 bits per heavy atom. The van der Waals surface area contributed by atoms with Gasteiger partial charge in [-0.1, -0.05) is 0 Å². The molecule has 0 saturated carbocycles. The van der Waals surface area contributed by atoms with Crippen molar-refractivity contribution >= 4 is 128 Å². The second-order valence-electron chi connectivity index (χ2n) is 9.39. The van der Waals surface area contributed by atoms with E-state index in [1.165, 1.54) is 42.1 Å². The zero-order chi connectivity index (χ0) is 36.7. The van der Waals surface area contributed by atoms with E-state index in [9.17, 15) is 29.4 Å². The van der Waals surface area contributed by atoms with Crippen molar-refractivity contribution in [1.29, 1.82) is 0 Å². The second-order valence-corrected chi connectivity index (χ2v) is 25.6. The van der Waals surface area contributed by atoms with Crippen molar-refractivity contribution < 1.29 is 81.6 Å². The number of aromatic nitrogens is 4. The Balaban J connectivity index is 0.000000689. The molecule has 0 bridgehead atoms. The number of hydrogen-bond acceptors (Lipinski definition) is 18. The minimum atomic E-state index is -1.20.